The van der Waals surface area contributed by atoms with Crippen molar-refractivity contribution in [2.75, 3.05) is 6.54 Å². The van der Waals surface area contributed by atoms with Gasteiger partial charge in [0.1, 0.15) is 0 Å². The van der Waals surface area contributed by atoms with Gasteiger partial charge in [-0.1, -0.05) is 0 Å². The van der Waals surface area contributed by atoms with E-state index < -0.39 is 0 Å². The van der Waals surface area contributed by atoms with Gasteiger partial charge in [0, 0.05) is 25.9 Å². The first-order valence-corrected chi connectivity index (χ1v) is 4.16. The fourth-order valence-corrected chi connectivity index (χ4v) is 1.56. The third kappa shape index (κ3) is 1.16. The Kier molecular flexibility index (Phi) is 1.73. The van der Waals surface area contributed by atoms with Crippen molar-refractivity contribution in [2.24, 2.45) is 7.05 Å². The molecule has 0 atom stereocenters. The third-order valence-corrected chi connectivity index (χ3v) is 2.29. The Balaban J connectivity index is 2.56. The lowest BCUT2D eigenvalue weighted by Gasteiger charge is -2.16. The van der Waals surface area contributed by atoms with Crippen LogP contribution in [0.25, 0.3) is 0 Å². The summed E-state index contributed by atoms with van der Waals surface area (Å²) in [5, 5.41) is 3.27. The van der Waals surface area contributed by atoms with Gasteiger partial charge >= 0.3 is 0 Å². The molecule has 12 heavy (non-hydrogen) atoms. The number of nitrogens with one attached hydrogen (secondary N) is 1. The molecule has 0 fully saturated rings. The van der Waals surface area contributed by atoms with Gasteiger partial charge in [0.15, 0.2) is 0 Å². The third-order valence-electron chi connectivity index (χ3n) is 2.29. The standard InChI is InChI=1S/C9H12N2O/c1-11-6-8-5-10-3-2-7(8)4-9(11)12/h4,6,10H,2-3,5H2,1H3. The van der Waals surface area contributed by atoms with Crippen molar-refractivity contribution in [1.82, 2.24) is 9.88 Å². The average molecular weight is 164 g/mol. The summed E-state index contributed by atoms with van der Waals surface area (Å²) >= 11 is 0. The highest BCUT2D eigenvalue weighted by atomic mass is 16.1. The number of hydrogen-bond acceptors (Lipinski definition) is 2. The Bertz CT molecular complexity index is 354. The number of hydrogen-bond donors (Lipinski definition) is 1. The van der Waals surface area contributed by atoms with Crippen LogP contribution in [0.1, 0.15) is 11.1 Å². The fraction of sp³-hybridized carbons (Fsp3) is 0.444. The number of aromatic nitrogens is 1. The monoisotopic (exact) mass is 164 g/mol. The van der Waals surface area contributed by atoms with E-state index in [1.165, 1.54) is 11.1 Å². The minimum Gasteiger partial charge on any atom is -0.318 e. The van der Waals surface area contributed by atoms with Crippen LogP contribution in [0, 0.1) is 0 Å². The second kappa shape index (κ2) is 2.75. The lowest BCUT2D eigenvalue weighted by molar-refractivity contribution is 0.631. The maximum atomic E-state index is 11.2. The Labute approximate surface area is 71.0 Å². The zero-order valence-corrected chi connectivity index (χ0v) is 7.13. The van der Waals surface area contributed by atoms with Crippen LogP contribution in [0.4, 0.5) is 0 Å². The normalized spacial score (nSPS) is 15.8. The van der Waals surface area contributed by atoms with E-state index in [0.717, 1.165) is 19.5 Å². The fourth-order valence-electron chi connectivity index (χ4n) is 1.56. The summed E-state index contributed by atoms with van der Waals surface area (Å²) in [5.74, 6) is 0. The van der Waals surface area contributed by atoms with Crippen molar-refractivity contribution < 1.29 is 0 Å². The number of fused-ring (bicyclic) bond motifs is 1. The average Bonchev–Trinajstić information content (AvgIpc) is 2.07. The van der Waals surface area contributed by atoms with E-state index in [-0.39, 0.29) is 5.56 Å². The molecule has 2 rings (SSSR count). The maximum absolute atomic E-state index is 11.2. The molecule has 0 bridgehead atoms. The lowest BCUT2D eigenvalue weighted by Crippen LogP contribution is -2.27. The van der Waals surface area contributed by atoms with Crippen molar-refractivity contribution in [3.05, 3.63) is 33.7 Å². The quantitative estimate of drug-likeness (QED) is 0.587. The van der Waals surface area contributed by atoms with E-state index >= 15 is 0 Å². The summed E-state index contributed by atoms with van der Waals surface area (Å²) in [5.41, 5.74) is 2.55. The minimum atomic E-state index is 0.0932. The molecule has 0 spiro atoms. The second-order valence-corrected chi connectivity index (χ2v) is 3.20. The zero-order valence-electron chi connectivity index (χ0n) is 7.13. The summed E-state index contributed by atoms with van der Waals surface area (Å²) < 4.78 is 1.63. The SMILES string of the molecule is Cn1cc2c(cc1=O)CCNC2. The highest BCUT2D eigenvalue weighted by Gasteiger charge is 2.08. The van der Waals surface area contributed by atoms with Gasteiger partial charge in [0.05, 0.1) is 0 Å². The summed E-state index contributed by atoms with van der Waals surface area (Å²) in [7, 11) is 1.79. The zero-order chi connectivity index (χ0) is 8.55. The van der Waals surface area contributed by atoms with E-state index in [4.69, 9.17) is 0 Å². The molecule has 3 nitrogen and oxygen atoms in total. The summed E-state index contributed by atoms with van der Waals surface area (Å²) in [4.78, 5) is 11.2. The summed E-state index contributed by atoms with van der Waals surface area (Å²) in [6.07, 6.45) is 2.90. The first-order chi connectivity index (χ1) is 5.77. The highest BCUT2D eigenvalue weighted by Crippen LogP contribution is 2.09. The predicted octanol–water partition coefficient (Wildman–Crippen LogP) is 0.0310. The smallest absolute Gasteiger partial charge is 0.250 e. The molecule has 1 aromatic rings. The Hall–Kier alpha value is -1.09. The molecule has 0 aliphatic carbocycles. The number of aryl methyl sites for hydroxylation is 1. The molecule has 1 aliphatic heterocycles. The van der Waals surface area contributed by atoms with E-state index in [1.807, 2.05) is 6.20 Å². The molecule has 1 aliphatic rings. The molecular formula is C9H12N2O. The van der Waals surface area contributed by atoms with Gasteiger partial charge in [-0.3, -0.25) is 4.79 Å². The molecule has 2 heterocycles. The second-order valence-electron chi connectivity index (χ2n) is 3.20. The van der Waals surface area contributed by atoms with E-state index in [1.54, 1.807) is 17.7 Å². The van der Waals surface area contributed by atoms with Crippen molar-refractivity contribution in [3.8, 4) is 0 Å². The van der Waals surface area contributed by atoms with Crippen LogP contribution in [0.2, 0.25) is 0 Å². The van der Waals surface area contributed by atoms with Gasteiger partial charge in [-0.15, -0.1) is 0 Å². The van der Waals surface area contributed by atoms with E-state index in [2.05, 4.69) is 5.32 Å². The largest absolute Gasteiger partial charge is 0.318 e. The van der Waals surface area contributed by atoms with Crippen molar-refractivity contribution in [1.29, 1.82) is 0 Å². The Morgan fingerprint density at radius 2 is 2.33 bits per heavy atom. The number of pyridine rings is 1. The summed E-state index contributed by atoms with van der Waals surface area (Å²) in [6, 6.07) is 1.75. The van der Waals surface area contributed by atoms with Crippen molar-refractivity contribution in [3.63, 3.8) is 0 Å². The predicted molar refractivity (Wildman–Crippen MR) is 47.1 cm³/mol. The number of nitrogens with zero attached hydrogens (tertiary/aromatic N) is 1. The molecule has 0 aromatic carbocycles. The van der Waals surface area contributed by atoms with E-state index in [0.29, 0.717) is 0 Å². The van der Waals surface area contributed by atoms with Gasteiger partial charge in [-0.25, -0.2) is 0 Å². The molecule has 1 N–H and O–H groups in total. The molecule has 1 aromatic heterocycles. The number of rotatable bonds is 0. The molecule has 0 amide bonds. The first-order valence-electron chi connectivity index (χ1n) is 4.16. The molecule has 3 heteroatoms. The molecule has 0 radical (unpaired) electrons. The van der Waals surface area contributed by atoms with Crippen LogP contribution < -0.4 is 10.9 Å². The van der Waals surface area contributed by atoms with Crippen LogP contribution in [0.3, 0.4) is 0 Å². The van der Waals surface area contributed by atoms with Crippen LogP contribution >= 0.6 is 0 Å². The lowest BCUT2D eigenvalue weighted by atomic mass is 10.0. The molecule has 0 saturated carbocycles. The summed E-state index contributed by atoms with van der Waals surface area (Å²) in [6.45, 7) is 1.88. The minimum absolute atomic E-state index is 0.0932. The van der Waals surface area contributed by atoms with Gasteiger partial charge in [-0.05, 0) is 24.1 Å². The van der Waals surface area contributed by atoms with Gasteiger partial charge in [0.25, 0.3) is 5.56 Å². The maximum Gasteiger partial charge on any atom is 0.250 e. The van der Waals surface area contributed by atoms with Crippen LogP contribution in [-0.2, 0) is 20.0 Å². The topological polar surface area (TPSA) is 34.0 Å². The van der Waals surface area contributed by atoms with Crippen LogP contribution in [0.5, 0.6) is 0 Å². The molecular weight excluding hydrogens is 152 g/mol. The van der Waals surface area contributed by atoms with Crippen molar-refractivity contribution >= 4 is 0 Å². The van der Waals surface area contributed by atoms with Crippen LogP contribution in [-0.4, -0.2) is 11.1 Å². The van der Waals surface area contributed by atoms with Crippen LogP contribution in [0.15, 0.2) is 17.1 Å². The highest BCUT2D eigenvalue weighted by molar-refractivity contribution is 5.25. The molecule has 0 saturated heterocycles. The molecule has 64 valence electrons. The van der Waals surface area contributed by atoms with Crippen molar-refractivity contribution in [2.45, 2.75) is 13.0 Å². The Morgan fingerprint density at radius 3 is 3.17 bits per heavy atom. The van der Waals surface area contributed by atoms with Gasteiger partial charge in [0.2, 0.25) is 0 Å². The molecule has 0 unspecified atom stereocenters. The van der Waals surface area contributed by atoms with Gasteiger partial charge < -0.3 is 9.88 Å². The Morgan fingerprint density at radius 1 is 1.50 bits per heavy atom. The first kappa shape index (κ1) is 7.55. The van der Waals surface area contributed by atoms with E-state index in [9.17, 15) is 4.79 Å². The van der Waals surface area contributed by atoms with Gasteiger partial charge in [-0.2, -0.15) is 0 Å².